The van der Waals surface area contributed by atoms with E-state index in [-0.39, 0.29) is 11.9 Å². The molecule has 1 aromatic heterocycles. The Labute approximate surface area is 143 Å². The quantitative estimate of drug-likeness (QED) is 0.902. The predicted octanol–water partition coefficient (Wildman–Crippen LogP) is 1.90. The van der Waals surface area contributed by atoms with E-state index < -0.39 is 0 Å². The van der Waals surface area contributed by atoms with Gasteiger partial charge >= 0.3 is 0 Å². The highest BCUT2D eigenvalue weighted by Crippen LogP contribution is 2.25. The van der Waals surface area contributed by atoms with Crippen LogP contribution in [0.4, 0.5) is 0 Å². The molecular formula is C19H24N4O. The van der Waals surface area contributed by atoms with E-state index >= 15 is 0 Å². The molecule has 3 rings (SSSR count). The second kappa shape index (κ2) is 7.55. The molecule has 1 aliphatic heterocycles. The van der Waals surface area contributed by atoms with E-state index in [2.05, 4.69) is 38.7 Å². The van der Waals surface area contributed by atoms with Crippen molar-refractivity contribution >= 4 is 5.91 Å². The molecule has 1 amide bonds. The van der Waals surface area contributed by atoms with Crippen LogP contribution >= 0.6 is 0 Å². The summed E-state index contributed by atoms with van der Waals surface area (Å²) in [6.45, 7) is 5.70. The average molecular weight is 324 g/mol. The van der Waals surface area contributed by atoms with Gasteiger partial charge < -0.3 is 10.6 Å². The van der Waals surface area contributed by atoms with E-state index in [0.29, 0.717) is 5.56 Å². The first-order valence-electron chi connectivity index (χ1n) is 8.35. The Balaban J connectivity index is 1.81. The lowest BCUT2D eigenvalue weighted by atomic mass is 10.00. The zero-order valence-electron chi connectivity index (χ0n) is 14.2. The standard InChI is InChI=1S/C19H24N4O/c1-14-6-7-15(11-22-14)13-23-9-8-21-12-18(23)16-4-3-5-17(10-16)19(24)20-2/h3-7,10-11,18,21H,8-9,12-13H2,1-2H3,(H,20,24)/t18-/m0/s1. The van der Waals surface area contributed by atoms with Crippen LogP contribution in [0, 0.1) is 6.92 Å². The van der Waals surface area contributed by atoms with Gasteiger partial charge in [-0.05, 0) is 36.2 Å². The molecule has 2 heterocycles. The van der Waals surface area contributed by atoms with E-state index in [4.69, 9.17) is 0 Å². The van der Waals surface area contributed by atoms with Gasteiger partial charge in [0.15, 0.2) is 0 Å². The highest BCUT2D eigenvalue weighted by atomic mass is 16.1. The molecule has 5 heteroatoms. The van der Waals surface area contributed by atoms with Crippen molar-refractivity contribution in [2.45, 2.75) is 19.5 Å². The summed E-state index contributed by atoms with van der Waals surface area (Å²) in [4.78, 5) is 18.8. The van der Waals surface area contributed by atoms with Crippen molar-refractivity contribution in [1.82, 2.24) is 20.5 Å². The number of nitrogens with one attached hydrogen (secondary N) is 2. The maximum atomic E-state index is 11.9. The second-order valence-electron chi connectivity index (χ2n) is 6.20. The number of carbonyl (C=O) groups is 1. The van der Waals surface area contributed by atoms with Gasteiger partial charge in [0.2, 0.25) is 0 Å². The van der Waals surface area contributed by atoms with Gasteiger partial charge in [0.25, 0.3) is 5.91 Å². The molecule has 126 valence electrons. The maximum absolute atomic E-state index is 11.9. The van der Waals surface area contributed by atoms with Gasteiger partial charge in [-0.15, -0.1) is 0 Å². The molecule has 0 spiro atoms. The minimum absolute atomic E-state index is 0.0464. The van der Waals surface area contributed by atoms with Gasteiger partial charge in [0.1, 0.15) is 0 Å². The van der Waals surface area contributed by atoms with Crippen LogP contribution in [0.5, 0.6) is 0 Å². The molecule has 1 aliphatic rings. The fourth-order valence-electron chi connectivity index (χ4n) is 3.12. The zero-order valence-corrected chi connectivity index (χ0v) is 14.2. The fourth-order valence-corrected chi connectivity index (χ4v) is 3.12. The van der Waals surface area contributed by atoms with E-state index in [9.17, 15) is 4.79 Å². The largest absolute Gasteiger partial charge is 0.355 e. The molecule has 1 saturated heterocycles. The van der Waals surface area contributed by atoms with Gasteiger partial charge in [-0.2, -0.15) is 0 Å². The van der Waals surface area contributed by atoms with Gasteiger partial charge in [0.05, 0.1) is 0 Å². The third-order valence-corrected chi connectivity index (χ3v) is 4.47. The first kappa shape index (κ1) is 16.6. The number of carbonyl (C=O) groups excluding carboxylic acids is 1. The van der Waals surface area contributed by atoms with Crippen LogP contribution in [0.25, 0.3) is 0 Å². The van der Waals surface area contributed by atoms with Crippen molar-refractivity contribution in [3.8, 4) is 0 Å². The predicted molar refractivity (Wildman–Crippen MR) is 94.8 cm³/mol. The van der Waals surface area contributed by atoms with Gasteiger partial charge in [-0.1, -0.05) is 18.2 Å². The summed E-state index contributed by atoms with van der Waals surface area (Å²) in [6, 6.07) is 12.4. The number of pyridine rings is 1. The van der Waals surface area contributed by atoms with Gasteiger partial charge in [-0.25, -0.2) is 0 Å². The van der Waals surface area contributed by atoms with Gasteiger partial charge in [-0.3, -0.25) is 14.7 Å². The molecule has 0 aliphatic carbocycles. The zero-order chi connectivity index (χ0) is 16.9. The minimum Gasteiger partial charge on any atom is -0.355 e. The smallest absolute Gasteiger partial charge is 0.251 e. The second-order valence-corrected chi connectivity index (χ2v) is 6.20. The summed E-state index contributed by atoms with van der Waals surface area (Å²) >= 11 is 0. The van der Waals surface area contributed by atoms with Crippen LogP contribution in [-0.2, 0) is 6.54 Å². The summed E-state index contributed by atoms with van der Waals surface area (Å²) in [5.41, 5.74) is 4.13. The number of piperazine rings is 1. The summed E-state index contributed by atoms with van der Waals surface area (Å²) in [5, 5.41) is 6.15. The van der Waals surface area contributed by atoms with Crippen LogP contribution in [0.15, 0.2) is 42.6 Å². The lowest BCUT2D eigenvalue weighted by Crippen LogP contribution is -2.45. The van der Waals surface area contributed by atoms with E-state index in [1.54, 1.807) is 7.05 Å². The molecule has 1 aromatic carbocycles. The molecule has 0 bridgehead atoms. The number of aryl methyl sites for hydroxylation is 1. The number of benzene rings is 1. The molecule has 24 heavy (non-hydrogen) atoms. The number of hydrogen-bond donors (Lipinski definition) is 2. The van der Waals surface area contributed by atoms with Gasteiger partial charge in [0, 0.05) is 56.7 Å². The number of aromatic nitrogens is 1. The van der Waals surface area contributed by atoms with E-state index in [1.807, 2.05) is 31.3 Å². The third-order valence-electron chi connectivity index (χ3n) is 4.47. The molecule has 0 radical (unpaired) electrons. The minimum atomic E-state index is -0.0464. The van der Waals surface area contributed by atoms with Crippen molar-refractivity contribution < 1.29 is 4.79 Å². The molecule has 1 fully saturated rings. The third kappa shape index (κ3) is 3.80. The molecule has 2 aromatic rings. The normalized spacial score (nSPS) is 18.3. The van der Waals surface area contributed by atoms with E-state index in [0.717, 1.165) is 31.9 Å². The molecule has 5 nitrogen and oxygen atoms in total. The number of hydrogen-bond acceptors (Lipinski definition) is 4. The maximum Gasteiger partial charge on any atom is 0.251 e. The monoisotopic (exact) mass is 324 g/mol. The van der Waals surface area contributed by atoms with Crippen LogP contribution < -0.4 is 10.6 Å². The highest BCUT2D eigenvalue weighted by molar-refractivity contribution is 5.94. The first-order valence-corrected chi connectivity index (χ1v) is 8.35. The van der Waals surface area contributed by atoms with Crippen molar-refractivity contribution in [2.75, 3.05) is 26.7 Å². The lowest BCUT2D eigenvalue weighted by Gasteiger charge is -2.36. The first-order chi connectivity index (χ1) is 11.7. The van der Waals surface area contributed by atoms with Crippen LogP contribution in [0.1, 0.15) is 33.2 Å². The van der Waals surface area contributed by atoms with Crippen molar-refractivity contribution in [2.24, 2.45) is 0 Å². The Morgan fingerprint density at radius 3 is 3.00 bits per heavy atom. The molecule has 2 N–H and O–H groups in total. The topological polar surface area (TPSA) is 57.3 Å². The highest BCUT2D eigenvalue weighted by Gasteiger charge is 2.24. The lowest BCUT2D eigenvalue weighted by molar-refractivity contribution is 0.0962. The summed E-state index contributed by atoms with van der Waals surface area (Å²) in [6.07, 6.45) is 1.95. The SMILES string of the molecule is CNC(=O)c1cccc([C@@H]2CNCCN2Cc2ccc(C)nc2)c1. The van der Waals surface area contributed by atoms with Crippen LogP contribution in [-0.4, -0.2) is 42.5 Å². The summed E-state index contributed by atoms with van der Waals surface area (Å²) in [5.74, 6) is -0.0464. The number of nitrogens with zero attached hydrogens (tertiary/aromatic N) is 2. The molecule has 0 saturated carbocycles. The van der Waals surface area contributed by atoms with E-state index in [1.165, 1.54) is 11.1 Å². The average Bonchev–Trinajstić information content (AvgIpc) is 2.63. The molecule has 1 atom stereocenters. The van der Waals surface area contributed by atoms with Crippen molar-refractivity contribution in [3.05, 3.63) is 65.0 Å². The van der Waals surface area contributed by atoms with Crippen LogP contribution in [0.3, 0.4) is 0 Å². The molecular weight excluding hydrogens is 300 g/mol. The van der Waals surface area contributed by atoms with Crippen molar-refractivity contribution in [1.29, 1.82) is 0 Å². The fraction of sp³-hybridized carbons (Fsp3) is 0.368. The Hall–Kier alpha value is -2.24. The Morgan fingerprint density at radius 2 is 2.25 bits per heavy atom. The Morgan fingerprint density at radius 1 is 1.38 bits per heavy atom. The Bertz CT molecular complexity index is 699. The number of amides is 1. The van der Waals surface area contributed by atoms with Crippen molar-refractivity contribution in [3.63, 3.8) is 0 Å². The summed E-state index contributed by atoms with van der Waals surface area (Å²) < 4.78 is 0. The summed E-state index contributed by atoms with van der Waals surface area (Å²) in [7, 11) is 1.66. The Kier molecular flexibility index (Phi) is 5.23. The number of rotatable bonds is 4. The van der Waals surface area contributed by atoms with Crippen LogP contribution in [0.2, 0.25) is 0 Å². The molecule has 0 unspecified atom stereocenters.